The Bertz CT molecular complexity index is 1060. The molecule has 1 saturated carbocycles. The average molecular weight is 400 g/mol. The van der Waals surface area contributed by atoms with Gasteiger partial charge in [0.2, 0.25) is 0 Å². The van der Waals surface area contributed by atoms with Gasteiger partial charge in [-0.15, -0.1) is 0 Å². The minimum Gasteiger partial charge on any atom is -0.497 e. The molecule has 1 fully saturated rings. The molecule has 1 heterocycles. The van der Waals surface area contributed by atoms with E-state index in [9.17, 15) is 4.79 Å². The predicted octanol–water partition coefficient (Wildman–Crippen LogP) is 4.58. The molecule has 0 unspecified atom stereocenters. The topological polar surface area (TPSA) is 64.2 Å². The molecule has 0 saturated heterocycles. The number of nitrogens with zero attached hydrogens (tertiary/aromatic N) is 1. The molecule has 3 aromatic rings. The Balaban J connectivity index is 1.60. The monoisotopic (exact) mass is 400 g/mol. The maximum Gasteiger partial charge on any atom is 0.186 e. The summed E-state index contributed by atoms with van der Waals surface area (Å²) < 4.78 is 10.7. The van der Waals surface area contributed by atoms with Crippen molar-refractivity contribution >= 4 is 11.9 Å². The number of allylic oxidation sites excluding steroid dienone is 1. The Morgan fingerprint density at radius 1 is 0.967 bits per heavy atom. The molecule has 2 aliphatic rings. The quantitative estimate of drug-likeness (QED) is 0.616. The Labute approximate surface area is 175 Å². The SMILES string of the molecule is COc1ccc(C2(c3ccc(OC)cc3)C=Cc3c(C(=O)C4CC4)n[nH]c3C2)cc1. The summed E-state index contributed by atoms with van der Waals surface area (Å²) in [5, 5.41) is 7.56. The summed E-state index contributed by atoms with van der Waals surface area (Å²) in [7, 11) is 3.34. The fraction of sp³-hybridized carbons (Fsp3) is 0.280. The number of hydrogen-bond donors (Lipinski definition) is 1. The van der Waals surface area contributed by atoms with E-state index >= 15 is 0 Å². The standard InChI is InChI=1S/C25H24N2O3/c1-29-19-9-5-17(6-10-19)25(18-7-11-20(30-2)12-8-18)14-13-21-22(15-25)26-27-23(21)24(28)16-3-4-16/h5-14,16H,3-4,15H2,1-2H3,(H,26,27). The Morgan fingerprint density at radius 3 is 2.03 bits per heavy atom. The van der Waals surface area contributed by atoms with Gasteiger partial charge in [0.1, 0.15) is 17.2 Å². The normalized spacial score (nSPS) is 16.7. The molecule has 0 radical (unpaired) electrons. The van der Waals surface area contributed by atoms with E-state index in [0.717, 1.165) is 46.7 Å². The fourth-order valence-corrected chi connectivity index (χ4v) is 4.33. The van der Waals surface area contributed by atoms with Gasteiger partial charge in [0, 0.05) is 29.0 Å². The maximum absolute atomic E-state index is 12.6. The minimum atomic E-state index is -0.377. The van der Waals surface area contributed by atoms with Crippen molar-refractivity contribution in [3.63, 3.8) is 0 Å². The van der Waals surface area contributed by atoms with E-state index in [0.29, 0.717) is 12.1 Å². The molecule has 0 spiro atoms. The van der Waals surface area contributed by atoms with Crippen LogP contribution in [0.1, 0.15) is 45.7 Å². The van der Waals surface area contributed by atoms with Crippen molar-refractivity contribution in [2.75, 3.05) is 14.2 Å². The van der Waals surface area contributed by atoms with Gasteiger partial charge in [-0.1, -0.05) is 36.4 Å². The van der Waals surface area contributed by atoms with E-state index in [1.54, 1.807) is 14.2 Å². The summed E-state index contributed by atoms with van der Waals surface area (Å²) in [6, 6.07) is 16.3. The summed E-state index contributed by atoms with van der Waals surface area (Å²) in [4.78, 5) is 12.6. The third-order valence-electron chi connectivity index (χ3n) is 6.26. The van der Waals surface area contributed by atoms with Crippen molar-refractivity contribution in [3.8, 4) is 11.5 Å². The lowest BCUT2D eigenvalue weighted by atomic mass is 9.68. The number of hydrogen-bond acceptors (Lipinski definition) is 4. The van der Waals surface area contributed by atoms with E-state index in [1.807, 2.05) is 24.3 Å². The second kappa shape index (κ2) is 7.17. The van der Waals surface area contributed by atoms with Crippen LogP contribution in [0.5, 0.6) is 11.5 Å². The number of carbonyl (C=O) groups is 1. The molecule has 0 bridgehead atoms. The number of nitrogens with one attached hydrogen (secondary N) is 1. The molecule has 2 aromatic carbocycles. The number of fused-ring (bicyclic) bond motifs is 1. The van der Waals surface area contributed by atoms with Crippen LogP contribution in [0.4, 0.5) is 0 Å². The van der Waals surface area contributed by atoms with Crippen LogP contribution < -0.4 is 9.47 Å². The van der Waals surface area contributed by atoms with Crippen LogP contribution in [0.2, 0.25) is 0 Å². The summed E-state index contributed by atoms with van der Waals surface area (Å²) in [5.41, 5.74) is 4.44. The number of aromatic nitrogens is 2. The second-order valence-electron chi connectivity index (χ2n) is 8.04. The number of ether oxygens (including phenoxy) is 2. The van der Waals surface area contributed by atoms with Crippen molar-refractivity contribution in [2.24, 2.45) is 5.92 Å². The van der Waals surface area contributed by atoms with Gasteiger partial charge < -0.3 is 9.47 Å². The molecule has 1 N–H and O–H groups in total. The van der Waals surface area contributed by atoms with Gasteiger partial charge in [-0.05, 0) is 48.2 Å². The third-order valence-corrected chi connectivity index (χ3v) is 6.26. The van der Waals surface area contributed by atoms with Gasteiger partial charge in [-0.2, -0.15) is 5.10 Å². The fourth-order valence-electron chi connectivity index (χ4n) is 4.33. The highest BCUT2D eigenvalue weighted by atomic mass is 16.5. The highest BCUT2D eigenvalue weighted by molar-refractivity contribution is 6.01. The second-order valence-corrected chi connectivity index (χ2v) is 8.04. The van der Waals surface area contributed by atoms with Crippen LogP contribution in [0, 0.1) is 5.92 Å². The molecule has 5 heteroatoms. The molecular formula is C25H24N2O3. The molecule has 30 heavy (non-hydrogen) atoms. The Morgan fingerprint density at radius 2 is 1.53 bits per heavy atom. The van der Waals surface area contributed by atoms with Crippen molar-refractivity contribution in [1.29, 1.82) is 0 Å². The lowest BCUT2D eigenvalue weighted by Crippen LogP contribution is -2.30. The van der Waals surface area contributed by atoms with Crippen LogP contribution in [0.3, 0.4) is 0 Å². The zero-order chi connectivity index (χ0) is 20.7. The summed E-state index contributed by atoms with van der Waals surface area (Å²) in [6.07, 6.45) is 6.92. The molecule has 5 nitrogen and oxygen atoms in total. The largest absolute Gasteiger partial charge is 0.497 e. The summed E-state index contributed by atoms with van der Waals surface area (Å²) in [6.45, 7) is 0. The number of methoxy groups -OCH3 is 2. The summed E-state index contributed by atoms with van der Waals surface area (Å²) >= 11 is 0. The molecule has 0 amide bonds. The molecule has 0 aliphatic heterocycles. The van der Waals surface area contributed by atoms with Crippen LogP contribution >= 0.6 is 0 Å². The first-order chi connectivity index (χ1) is 14.6. The van der Waals surface area contributed by atoms with Crippen molar-refractivity contribution < 1.29 is 14.3 Å². The van der Waals surface area contributed by atoms with Crippen molar-refractivity contribution in [2.45, 2.75) is 24.7 Å². The molecule has 2 aliphatic carbocycles. The minimum absolute atomic E-state index is 0.153. The zero-order valence-corrected chi connectivity index (χ0v) is 17.1. The predicted molar refractivity (Wildman–Crippen MR) is 115 cm³/mol. The van der Waals surface area contributed by atoms with Gasteiger partial charge in [0.25, 0.3) is 0 Å². The van der Waals surface area contributed by atoms with Crippen molar-refractivity contribution in [1.82, 2.24) is 10.2 Å². The molecule has 152 valence electrons. The van der Waals surface area contributed by atoms with Crippen LogP contribution in [-0.2, 0) is 11.8 Å². The van der Waals surface area contributed by atoms with Gasteiger partial charge in [0.05, 0.1) is 14.2 Å². The first-order valence-electron chi connectivity index (χ1n) is 10.2. The maximum atomic E-state index is 12.6. The Kier molecular flexibility index (Phi) is 4.46. The lowest BCUT2D eigenvalue weighted by molar-refractivity contribution is 0.0962. The van der Waals surface area contributed by atoms with Crippen LogP contribution in [-0.4, -0.2) is 30.2 Å². The molecule has 0 atom stereocenters. The third kappa shape index (κ3) is 3.02. The van der Waals surface area contributed by atoms with E-state index < -0.39 is 0 Å². The lowest BCUT2D eigenvalue weighted by Gasteiger charge is -2.34. The zero-order valence-electron chi connectivity index (χ0n) is 17.1. The van der Waals surface area contributed by atoms with Crippen molar-refractivity contribution in [3.05, 3.63) is 82.7 Å². The summed E-state index contributed by atoms with van der Waals surface area (Å²) in [5.74, 6) is 1.96. The number of rotatable bonds is 6. The van der Waals surface area contributed by atoms with E-state index in [-0.39, 0.29) is 17.1 Å². The number of aromatic amines is 1. The van der Waals surface area contributed by atoms with Gasteiger partial charge in [-0.25, -0.2) is 0 Å². The van der Waals surface area contributed by atoms with E-state index in [1.165, 1.54) is 0 Å². The first kappa shape index (κ1) is 18.7. The van der Waals surface area contributed by atoms with Gasteiger partial charge >= 0.3 is 0 Å². The first-order valence-corrected chi connectivity index (χ1v) is 10.2. The van der Waals surface area contributed by atoms with E-state index in [4.69, 9.17) is 9.47 Å². The Hall–Kier alpha value is -3.34. The number of carbonyl (C=O) groups excluding carboxylic acids is 1. The number of ketones is 1. The molecule has 5 rings (SSSR count). The van der Waals surface area contributed by atoms with Crippen LogP contribution in [0.25, 0.3) is 6.08 Å². The molecule has 1 aromatic heterocycles. The average Bonchev–Trinajstić information content (AvgIpc) is 3.58. The highest BCUT2D eigenvalue weighted by Crippen LogP contribution is 2.43. The van der Waals surface area contributed by atoms with Crippen LogP contribution in [0.15, 0.2) is 54.6 Å². The van der Waals surface area contributed by atoms with E-state index in [2.05, 4.69) is 46.6 Å². The smallest absolute Gasteiger partial charge is 0.186 e. The van der Waals surface area contributed by atoms with Gasteiger partial charge in [-0.3, -0.25) is 9.89 Å². The number of benzene rings is 2. The number of H-pyrrole nitrogens is 1. The molecular weight excluding hydrogens is 376 g/mol. The number of Topliss-reactive ketones (excluding diaryl/α,β-unsaturated/α-hetero) is 1. The highest BCUT2D eigenvalue weighted by Gasteiger charge is 2.39. The van der Waals surface area contributed by atoms with Gasteiger partial charge in [0.15, 0.2) is 5.78 Å².